The third kappa shape index (κ3) is 3.33. The van der Waals surface area contributed by atoms with Crippen LogP contribution in [0.5, 0.6) is 0 Å². The Balaban J connectivity index is 1.75. The number of sulfonamides is 1. The zero-order valence-electron chi connectivity index (χ0n) is 12.7. The Labute approximate surface area is 133 Å². The van der Waals surface area contributed by atoms with E-state index in [0.29, 0.717) is 23.0 Å². The van der Waals surface area contributed by atoms with Crippen molar-refractivity contribution in [1.29, 1.82) is 0 Å². The number of benzene rings is 1. The van der Waals surface area contributed by atoms with Crippen LogP contribution < -0.4 is 4.72 Å². The van der Waals surface area contributed by atoms with E-state index in [1.54, 1.807) is 31.2 Å². The average Bonchev–Trinajstić information content (AvgIpc) is 3.16. The fourth-order valence-electron chi connectivity index (χ4n) is 2.23. The molecule has 0 aliphatic rings. The molecule has 3 rings (SSSR count). The Kier molecular flexibility index (Phi) is 4.01. The zero-order valence-corrected chi connectivity index (χ0v) is 13.5. The van der Waals surface area contributed by atoms with Crippen molar-refractivity contribution in [3.63, 3.8) is 0 Å². The summed E-state index contributed by atoms with van der Waals surface area (Å²) in [4.78, 5) is 4.46. The minimum atomic E-state index is -3.61. The minimum Gasteiger partial charge on any atom is -0.461 e. The molecular formula is C15H16N4O3S. The second-order valence-corrected chi connectivity index (χ2v) is 6.91. The van der Waals surface area contributed by atoms with Crippen LogP contribution in [-0.2, 0) is 16.6 Å². The summed E-state index contributed by atoms with van der Waals surface area (Å²) in [7, 11) is -3.61. The average molecular weight is 332 g/mol. The molecule has 23 heavy (non-hydrogen) atoms. The van der Waals surface area contributed by atoms with Gasteiger partial charge in [0.05, 0.1) is 17.7 Å². The van der Waals surface area contributed by atoms with Crippen LogP contribution in [0.15, 0.2) is 45.9 Å². The molecule has 1 aromatic carbocycles. The topological polar surface area (TPSA) is 101 Å². The summed E-state index contributed by atoms with van der Waals surface area (Å²) in [6, 6.07) is 8.66. The van der Waals surface area contributed by atoms with Gasteiger partial charge in [0.25, 0.3) is 0 Å². The van der Waals surface area contributed by atoms with Gasteiger partial charge < -0.3 is 4.42 Å². The van der Waals surface area contributed by atoms with Gasteiger partial charge in [-0.05, 0) is 37.6 Å². The fourth-order valence-corrected chi connectivity index (χ4v) is 3.44. The Morgan fingerprint density at radius 2 is 2.09 bits per heavy atom. The summed E-state index contributed by atoms with van der Waals surface area (Å²) >= 11 is 0. The van der Waals surface area contributed by atoms with Crippen molar-refractivity contribution in [2.75, 3.05) is 0 Å². The second-order valence-electron chi connectivity index (χ2n) is 5.18. The first-order valence-corrected chi connectivity index (χ1v) is 8.46. The largest absolute Gasteiger partial charge is 0.461 e. The molecule has 8 heteroatoms. The number of nitrogens with zero attached hydrogens (tertiary/aromatic N) is 2. The lowest BCUT2D eigenvalue weighted by Gasteiger charge is -2.08. The van der Waals surface area contributed by atoms with Crippen LogP contribution in [0.2, 0.25) is 0 Å². The van der Waals surface area contributed by atoms with Crippen LogP contribution in [0.4, 0.5) is 0 Å². The maximum Gasteiger partial charge on any atom is 0.241 e. The zero-order chi connectivity index (χ0) is 16.4. The highest BCUT2D eigenvalue weighted by atomic mass is 32.2. The molecule has 0 atom stereocenters. The van der Waals surface area contributed by atoms with Gasteiger partial charge in [-0.15, -0.1) is 5.10 Å². The summed E-state index contributed by atoms with van der Waals surface area (Å²) in [6.07, 6.45) is 1.52. The van der Waals surface area contributed by atoms with Gasteiger partial charge in [-0.25, -0.2) is 18.1 Å². The Bertz CT molecular complexity index is 914. The van der Waals surface area contributed by atoms with Crippen molar-refractivity contribution in [3.8, 4) is 11.6 Å². The van der Waals surface area contributed by atoms with E-state index < -0.39 is 10.0 Å². The molecule has 3 aromatic rings. The predicted molar refractivity (Wildman–Crippen MR) is 84.0 cm³/mol. The van der Waals surface area contributed by atoms with Crippen molar-refractivity contribution in [2.45, 2.75) is 25.3 Å². The highest BCUT2D eigenvalue weighted by Gasteiger charge is 2.17. The number of aromatic amines is 1. The van der Waals surface area contributed by atoms with Gasteiger partial charge in [0.15, 0.2) is 5.76 Å². The third-order valence-corrected chi connectivity index (χ3v) is 4.88. The molecule has 120 valence electrons. The summed E-state index contributed by atoms with van der Waals surface area (Å²) in [5, 5.41) is 6.69. The van der Waals surface area contributed by atoms with E-state index in [-0.39, 0.29) is 11.4 Å². The molecule has 0 saturated heterocycles. The normalized spacial score (nSPS) is 11.7. The van der Waals surface area contributed by atoms with E-state index in [2.05, 4.69) is 19.9 Å². The van der Waals surface area contributed by atoms with Crippen molar-refractivity contribution >= 4 is 10.0 Å². The number of hydrogen-bond acceptors (Lipinski definition) is 5. The standard InChI is InChI=1S/C15H16N4O3S/c1-10-5-6-13(11(2)8-10)23(20,21)16-9-14-17-15(19-18-14)12-4-3-7-22-12/h3-8,16H,9H2,1-2H3,(H,17,18,19). The van der Waals surface area contributed by atoms with E-state index in [0.717, 1.165) is 5.56 Å². The van der Waals surface area contributed by atoms with E-state index in [4.69, 9.17) is 4.42 Å². The van der Waals surface area contributed by atoms with Crippen LogP contribution in [0.3, 0.4) is 0 Å². The lowest BCUT2D eigenvalue weighted by atomic mass is 10.2. The molecule has 0 fully saturated rings. The van der Waals surface area contributed by atoms with Gasteiger partial charge in [-0.1, -0.05) is 17.7 Å². The maximum atomic E-state index is 12.4. The lowest BCUT2D eigenvalue weighted by molar-refractivity contribution is 0.577. The molecule has 7 nitrogen and oxygen atoms in total. The molecule has 2 N–H and O–H groups in total. The highest BCUT2D eigenvalue weighted by Crippen LogP contribution is 2.17. The van der Waals surface area contributed by atoms with Crippen molar-refractivity contribution in [1.82, 2.24) is 19.9 Å². The first kappa shape index (κ1) is 15.4. The Morgan fingerprint density at radius 3 is 2.78 bits per heavy atom. The molecular weight excluding hydrogens is 316 g/mol. The van der Waals surface area contributed by atoms with Gasteiger partial charge in [0, 0.05) is 0 Å². The predicted octanol–water partition coefficient (Wildman–Crippen LogP) is 2.16. The first-order chi connectivity index (χ1) is 11.0. The molecule has 2 aromatic heterocycles. The number of furan rings is 1. The van der Waals surface area contributed by atoms with Crippen molar-refractivity contribution < 1.29 is 12.8 Å². The van der Waals surface area contributed by atoms with Crippen LogP contribution in [0.1, 0.15) is 17.0 Å². The van der Waals surface area contributed by atoms with E-state index in [1.807, 2.05) is 13.0 Å². The van der Waals surface area contributed by atoms with Crippen molar-refractivity contribution in [3.05, 3.63) is 53.5 Å². The number of H-pyrrole nitrogens is 1. The number of rotatable bonds is 5. The smallest absolute Gasteiger partial charge is 0.241 e. The van der Waals surface area contributed by atoms with Crippen LogP contribution in [0, 0.1) is 13.8 Å². The maximum absolute atomic E-state index is 12.4. The fraction of sp³-hybridized carbons (Fsp3) is 0.200. The highest BCUT2D eigenvalue weighted by molar-refractivity contribution is 7.89. The molecule has 0 aliphatic heterocycles. The summed E-state index contributed by atoms with van der Waals surface area (Å²) in [6.45, 7) is 3.70. The van der Waals surface area contributed by atoms with Gasteiger partial charge in [0.1, 0.15) is 5.82 Å². The number of nitrogens with one attached hydrogen (secondary N) is 2. The van der Waals surface area contributed by atoms with Gasteiger partial charge in [-0.2, -0.15) is 0 Å². The molecule has 0 bridgehead atoms. The number of aryl methyl sites for hydroxylation is 2. The van der Waals surface area contributed by atoms with Gasteiger partial charge in [-0.3, -0.25) is 5.10 Å². The van der Waals surface area contributed by atoms with Gasteiger partial charge in [0.2, 0.25) is 15.8 Å². The van der Waals surface area contributed by atoms with E-state index in [1.165, 1.54) is 6.26 Å². The SMILES string of the molecule is Cc1ccc(S(=O)(=O)NCc2nc(-c3ccco3)n[nH]2)c(C)c1. The molecule has 0 radical (unpaired) electrons. The summed E-state index contributed by atoms with van der Waals surface area (Å²) in [5.41, 5.74) is 1.71. The lowest BCUT2D eigenvalue weighted by Crippen LogP contribution is -2.24. The third-order valence-electron chi connectivity index (χ3n) is 3.32. The molecule has 0 unspecified atom stereocenters. The summed E-state index contributed by atoms with van der Waals surface area (Å²) < 4.78 is 32.5. The van der Waals surface area contributed by atoms with Crippen LogP contribution in [-0.4, -0.2) is 23.6 Å². The Morgan fingerprint density at radius 1 is 1.26 bits per heavy atom. The molecule has 0 aliphatic carbocycles. The summed E-state index contributed by atoms with van der Waals surface area (Å²) in [5.74, 6) is 1.31. The monoisotopic (exact) mass is 332 g/mol. The van der Waals surface area contributed by atoms with E-state index in [9.17, 15) is 8.42 Å². The molecule has 0 amide bonds. The molecule has 0 saturated carbocycles. The number of hydrogen-bond donors (Lipinski definition) is 2. The quantitative estimate of drug-likeness (QED) is 0.745. The number of aromatic nitrogens is 3. The molecule has 2 heterocycles. The van der Waals surface area contributed by atoms with Crippen LogP contribution in [0.25, 0.3) is 11.6 Å². The minimum absolute atomic E-state index is 0.0172. The second kappa shape index (κ2) is 5.98. The van der Waals surface area contributed by atoms with Gasteiger partial charge >= 0.3 is 0 Å². The first-order valence-electron chi connectivity index (χ1n) is 6.98. The Hall–Kier alpha value is -2.45. The van der Waals surface area contributed by atoms with Crippen molar-refractivity contribution in [2.24, 2.45) is 0 Å². The van der Waals surface area contributed by atoms with Crippen LogP contribution >= 0.6 is 0 Å². The molecule has 0 spiro atoms. The van der Waals surface area contributed by atoms with E-state index >= 15 is 0 Å².